The Kier molecular flexibility index (Phi) is 4.76. The molecule has 2 aromatic heterocycles. The average molecular weight is 327 g/mol. The predicted octanol–water partition coefficient (Wildman–Crippen LogP) is 2.04. The van der Waals surface area contributed by atoms with Gasteiger partial charge in [0.2, 0.25) is 5.88 Å². The summed E-state index contributed by atoms with van der Waals surface area (Å²) in [5, 5.41) is 12.7. The van der Waals surface area contributed by atoms with Crippen molar-refractivity contribution >= 4 is 5.91 Å². The molecule has 3 rings (SSSR count). The highest BCUT2D eigenvalue weighted by Gasteiger charge is 2.36. The first-order valence-electron chi connectivity index (χ1n) is 7.99. The fraction of sp³-hybridized carbons (Fsp3) is 0.389. The van der Waals surface area contributed by atoms with Crippen molar-refractivity contribution in [2.45, 2.75) is 31.9 Å². The van der Waals surface area contributed by atoms with Gasteiger partial charge in [0.05, 0.1) is 19.3 Å². The summed E-state index contributed by atoms with van der Waals surface area (Å²) < 4.78 is 5.08. The van der Waals surface area contributed by atoms with Crippen LogP contribution >= 0.6 is 0 Å². The van der Waals surface area contributed by atoms with Crippen molar-refractivity contribution in [3.8, 4) is 5.88 Å². The number of pyridine rings is 2. The first-order chi connectivity index (χ1) is 11.6. The summed E-state index contributed by atoms with van der Waals surface area (Å²) in [4.78, 5) is 21.0. The first-order valence-corrected chi connectivity index (χ1v) is 7.99. The van der Waals surface area contributed by atoms with Crippen LogP contribution < -0.4 is 10.1 Å². The van der Waals surface area contributed by atoms with E-state index in [0.717, 1.165) is 11.3 Å². The minimum atomic E-state index is -0.294. The maximum absolute atomic E-state index is 12.5. The second kappa shape index (κ2) is 6.97. The van der Waals surface area contributed by atoms with Gasteiger partial charge in [0.15, 0.2) is 0 Å². The Bertz CT molecular complexity index is 712. The smallest absolute Gasteiger partial charge is 0.270 e. The zero-order chi connectivity index (χ0) is 17.1. The molecule has 0 spiro atoms. The van der Waals surface area contributed by atoms with E-state index in [1.165, 1.54) is 0 Å². The van der Waals surface area contributed by atoms with Gasteiger partial charge in [-0.3, -0.25) is 4.79 Å². The topological polar surface area (TPSA) is 84.3 Å². The third-order valence-corrected chi connectivity index (χ3v) is 4.36. The van der Waals surface area contributed by atoms with Crippen LogP contribution in [-0.2, 0) is 0 Å². The highest BCUT2D eigenvalue weighted by Crippen LogP contribution is 2.38. The number of aliphatic hydroxyl groups excluding tert-OH is 1. The molecule has 1 aliphatic rings. The van der Waals surface area contributed by atoms with Crippen LogP contribution in [-0.4, -0.2) is 34.2 Å². The van der Waals surface area contributed by atoms with Gasteiger partial charge in [-0.25, -0.2) is 9.97 Å². The number of aliphatic hydroxyl groups is 1. The summed E-state index contributed by atoms with van der Waals surface area (Å²) in [6.45, 7) is 1.85. The zero-order valence-electron chi connectivity index (χ0n) is 13.8. The van der Waals surface area contributed by atoms with Crippen LogP contribution in [0.3, 0.4) is 0 Å². The molecule has 0 saturated heterocycles. The highest BCUT2D eigenvalue weighted by atomic mass is 16.5. The molecule has 6 heteroatoms. The van der Waals surface area contributed by atoms with Crippen molar-refractivity contribution in [2.75, 3.05) is 7.11 Å². The first kappa shape index (κ1) is 16.4. The molecular formula is C18H21N3O3. The Labute approximate surface area is 140 Å². The number of nitrogens with zero attached hydrogens (tertiary/aromatic N) is 2. The normalized spacial score (nSPS) is 20.8. The lowest BCUT2D eigenvalue weighted by molar-refractivity contribution is 0.0234. The van der Waals surface area contributed by atoms with Crippen LogP contribution in [0.15, 0.2) is 36.5 Å². The van der Waals surface area contributed by atoms with Crippen molar-refractivity contribution in [2.24, 2.45) is 5.92 Å². The standard InChI is InChI=1S/C18H21N3O3/c1-11-4-3-5-15(20-11)18(23)21-17(13-8-14(22)9-13)12-6-7-16(24-2)19-10-12/h3-7,10,13-14,17,22H,8-9H2,1-2H3,(H,21,23)/t13?,14?,17-/m0/s1. The summed E-state index contributed by atoms with van der Waals surface area (Å²) >= 11 is 0. The number of methoxy groups -OCH3 is 1. The number of amides is 1. The lowest BCUT2D eigenvalue weighted by Crippen LogP contribution is -2.41. The van der Waals surface area contributed by atoms with E-state index in [-0.39, 0.29) is 24.0 Å². The van der Waals surface area contributed by atoms with Crippen molar-refractivity contribution < 1.29 is 14.6 Å². The Hall–Kier alpha value is -2.47. The largest absolute Gasteiger partial charge is 0.481 e. The van der Waals surface area contributed by atoms with E-state index in [1.54, 1.807) is 25.4 Å². The van der Waals surface area contributed by atoms with Gasteiger partial charge in [-0.1, -0.05) is 12.1 Å². The van der Waals surface area contributed by atoms with Gasteiger partial charge < -0.3 is 15.2 Å². The van der Waals surface area contributed by atoms with E-state index < -0.39 is 0 Å². The molecule has 2 aromatic rings. The minimum absolute atomic E-state index is 0.184. The van der Waals surface area contributed by atoms with E-state index >= 15 is 0 Å². The maximum Gasteiger partial charge on any atom is 0.270 e. The summed E-state index contributed by atoms with van der Waals surface area (Å²) in [6.07, 6.45) is 2.74. The second-order valence-corrected chi connectivity index (χ2v) is 6.13. The number of aryl methyl sites for hydroxylation is 1. The number of carbonyl (C=O) groups is 1. The lowest BCUT2D eigenvalue weighted by atomic mass is 9.75. The number of hydrogen-bond acceptors (Lipinski definition) is 5. The van der Waals surface area contributed by atoms with Gasteiger partial charge in [0.25, 0.3) is 5.91 Å². The summed E-state index contributed by atoms with van der Waals surface area (Å²) in [5.74, 6) is 0.489. The number of nitrogens with one attached hydrogen (secondary N) is 1. The quantitative estimate of drug-likeness (QED) is 0.878. The zero-order valence-corrected chi connectivity index (χ0v) is 13.8. The van der Waals surface area contributed by atoms with E-state index in [4.69, 9.17) is 4.74 Å². The SMILES string of the molecule is COc1ccc([C@H](NC(=O)c2cccc(C)n2)C2CC(O)C2)cn1. The molecule has 1 saturated carbocycles. The van der Waals surface area contributed by atoms with Crippen molar-refractivity contribution in [3.05, 3.63) is 53.5 Å². The molecule has 2 N–H and O–H groups in total. The van der Waals surface area contributed by atoms with E-state index in [1.807, 2.05) is 25.1 Å². The number of carbonyl (C=O) groups excluding carboxylic acids is 1. The van der Waals surface area contributed by atoms with Gasteiger partial charge in [0, 0.05) is 18.0 Å². The number of rotatable bonds is 5. The monoisotopic (exact) mass is 327 g/mol. The van der Waals surface area contributed by atoms with Gasteiger partial charge in [-0.2, -0.15) is 0 Å². The van der Waals surface area contributed by atoms with Crippen LogP contribution in [0.4, 0.5) is 0 Å². The maximum atomic E-state index is 12.5. The highest BCUT2D eigenvalue weighted by molar-refractivity contribution is 5.92. The van der Waals surface area contributed by atoms with E-state index in [9.17, 15) is 9.90 Å². The van der Waals surface area contributed by atoms with E-state index in [2.05, 4.69) is 15.3 Å². The predicted molar refractivity (Wildman–Crippen MR) is 88.7 cm³/mol. The molecule has 1 fully saturated rings. The fourth-order valence-electron chi connectivity index (χ4n) is 2.96. The molecule has 0 unspecified atom stereocenters. The summed E-state index contributed by atoms with van der Waals surface area (Å²) in [6, 6.07) is 8.82. The van der Waals surface area contributed by atoms with Gasteiger partial charge in [-0.05, 0) is 43.4 Å². The van der Waals surface area contributed by atoms with Crippen molar-refractivity contribution in [3.63, 3.8) is 0 Å². The Morgan fingerprint density at radius 2 is 2.12 bits per heavy atom. The third kappa shape index (κ3) is 3.54. The molecule has 0 radical (unpaired) electrons. The molecular weight excluding hydrogens is 306 g/mol. The number of ether oxygens (including phenoxy) is 1. The molecule has 24 heavy (non-hydrogen) atoms. The van der Waals surface area contributed by atoms with E-state index in [0.29, 0.717) is 24.4 Å². The van der Waals surface area contributed by atoms with Gasteiger partial charge in [-0.15, -0.1) is 0 Å². The minimum Gasteiger partial charge on any atom is -0.481 e. The third-order valence-electron chi connectivity index (χ3n) is 4.36. The van der Waals surface area contributed by atoms with Crippen LogP contribution in [0.1, 0.15) is 40.6 Å². The molecule has 1 aliphatic carbocycles. The van der Waals surface area contributed by atoms with Crippen LogP contribution in [0, 0.1) is 12.8 Å². The number of aromatic nitrogens is 2. The van der Waals surface area contributed by atoms with Gasteiger partial charge in [0.1, 0.15) is 5.69 Å². The van der Waals surface area contributed by atoms with Crippen LogP contribution in [0.25, 0.3) is 0 Å². The molecule has 0 bridgehead atoms. The van der Waals surface area contributed by atoms with Crippen molar-refractivity contribution in [1.82, 2.24) is 15.3 Å². The molecule has 1 amide bonds. The van der Waals surface area contributed by atoms with Crippen LogP contribution in [0.2, 0.25) is 0 Å². The molecule has 126 valence electrons. The Morgan fingerprint density at radius 1 is 1.33 bits per heavy atom. The molecule has 2 heterocycles. The second-order valence-electron chi connectivity index (χ2n) is 6.13. The molecule has 6 nitrogen and oxygen atoms in total. The Balaban J connectivity index is 1.80. The fourth-order valence-corrected chi connectivity index (χ4v) is 2.96. The van der Waals surface area contributed by atoms with Crippen molar-refractivity contribution in [1.29, 1.82) is 0 Å². The number of hydrogen-bond donors (Lipinski definition) is 2. The summed E-state index contributed by atoms with van der Waals surface area (Å²) in [7, 11) is 1.56. The van der Waals surface area contributed by atoms with Gasteiger partial charge >= 0.3 is 0 Å². The molecule has 0 aromatic carbocycles. The average Bonchev–Trinajstić information content (AvgIpc) is 2.57. The summed E-state index contributed by atoms with van der Waals surface area (Å²) in [5.41, 5.74) is 2.08. The Morgan fingerprint density at radius 3 is 2.71 bits per heavy atom. The van der Waals surface area contributed by atoms with Crippen LogP contribution in [0.5, 0.6) is 5.88 Å². The molecule has 1 atom stereocenters. The molecule has 0 aliphatic heterocycles. The lowest BCUT2D eigenvalue weighted by Gasteiger charge is -2.38.